The summed E-state index contributed by atoms with van der Waals surface area (Å²) >= 11 is 0. The van der Waals surface area contributed by atoms with Gasteiger partial charge in [-0.3, -0.25) is 0 Å². The minimum atomic E-state index is -1.07. The third kappa shape index (κ3) is 5.94. The number of nitrogens with one attached hydrogen (secondary N) is 1. The minimum absolute atomic E-state index is 0.159. The molecular formula is C7H15NO4. The lowest BCUT2D eigenvalue weighted by Crippen LogP contribution is -2.33. The number of hydrogen-bond acceptors (Lipinski definition) is 3. The molecule has 0 aliphatic rings. The average Bonchev–Trinajstić information content (AvgIpc) is 2.05. The van der Waals surface area contributed by atoms with Crippen LogP contribution in [0.3, 0.4) is 0 Å². The molecule has 72 valence electrons. The summed E-state index contributed by atoms with van der Waals surface area (Å²) in [6.07, 6.45) is -0.675. The molecule has 1 amide bonds. The molecular weight excluding hydrogens is 162 g/mol. The highest BCUT2D eigenvalue weighted by Gasteiger charge is 2.07. The van der Waals surface area contributed by atoms with Gasteiger partial charge in [0.05, 0.1) is 6.54 Å². The highest BCUT2D eigenvalue weighted by Crippen LogP contribution is 1.92. The van der Waals surface area contributed by atoms with Gasteiger partial charge in [0.25, 0.3) is 0 Å². The van der Waals surface area contributed by atoms with Crippen molar-refractivity contribution < 1.29 is 19.4 Å². The van der Waals surface area contributed by atoms with Crippen LogP contribution >= 0.6 is 0 Å². The zero-order valence-corrected chi connectivity index (χ0v) is 7.37. The monoisotopic (exact) mass is 177 g/mol. The lowest BCUT2D eigenvalue weighted by molar-refractivity contribution is -0.119. The second-order valence-electron chi connectivity index (χ2n) is 2.22. The highest BCUT2D eigenvalue weighted by molar-refractivity contribution is 5.64. The summed E-state index contributed by atoms with van der Waals surface area (Å²) in [5.74, 6) is 0. The number of carboxylic acid groups (broad SMARTS) is 1. The molecule has 0 radical (unpaired) electrons. The lowest BCUT2D eigenvalue weighted by Gasteiger charge is -2.14. The second-order valence-corrected chi connectivity index (χ2v) is 2.22. The zero-order valence-electron chi connectivity index (χ0n) is 7.37. The maximum atomic E-state index is 10.1. The molecule has 0 heterocycles. The van der Waals surface area contributed by atoms with Gasteiger partial charge in [0.2, 0.25) is 0 Å². The summed E-state index contributed by atoms with van der Waals surface area (Å²) in [7, 11) is 1.48. The molecule has 2 N–H and O–H groups in total. The smallest absolute Gasteiger partial charge is 0.404 e. The van der Waals surface area contributed by atoms with Gasteiger partial charge in [0.1, 0.15) is 0 Å². The van der Waals surface area contributed by atoms with Crippen molar-refractivity contribution in [2.45, 2.75) is 19.6 Å². The molecule has 0 aromatic carbocycles. The van der Waals surface area contributed by atoms with Crippen molar-refractivity contribution in [3.05, 3.63) is 0 Å². The van der Waals surface area contributed by atoms with Crippen molar-refractivity contribution in [1.82, 2.24) is 5.32 Å². The first-order chi connectivity index (χ1) is 5.70. The van der Waals surface area contributed by atoms with E-state index in [0.717, 1.165) is 6.42 Å². The van der Waals surface area contributed by atoms with Crippen molar-refractivity contribution >= 4 is 6.09 Å². The first-order valence-corrected chi connectivity index (χ1v) is 3.81. The van der Waals surface area contributed by atoms with Crippen LogP contribution in [-0.2, 0) is 9.47 Å². The molecule has 0 aromatic heterocycles. The Morgan fingerprint density at radius 3 is 2.75 bits per heavy atom. The molecule has 1 unspecified atom stereocenters. The van der Waals surface area contributed by atoms with Gasteiger partial charge in [-0.05, 0) is 6.42 Å². The van der Waals surface area contributed by atoms with Crippen LogP contribution in [0.2, 0.25) is 0 Å². The Hall–Kier alpha value is -0.810. The second kappa shape index (κ2) is 6.87. The Bertz CT molecular complexity index is 129. The molecule has 0 fully saturated rings. The molecule has 0 rings (SSSR count). The zero-order chi connectivity index (χ0) is 9.40. The van der Waals surface area contributed by atoms with Crippen molar-refractivity contribution in [1.29, 1.82) is 0 Å². The average molecular weight is 177 g/mol. The van der Waals surface area contributed by atoms with E-state index in [1.807, 2.05) is 6.92 Å². The topological polar surface area (TPSA) is 67.8 Å². The van der Waals surface area contributed by atoms with Crippen LogP contribution in [-0.4, -0.2) is 37.8 Å². The molecule has 1 atom stereocenters. The summed E-state index contributed by atoms with van der Waals surface area (Å²) in [5.41, 5.74) is 0. The Kier molecular flexibility index (Phi) is 6.41. The molecule has 0 spiro atoms. The van der Waals surface area contributed by atoms with Crippen LogP contribution in [0.5, 0.6) is 0 Å². The minimum Gasteiger partial charge on any atom is -0.465 e. The normalized spacial score (nSPS) is 12.5. The summed E-state index contributed by atoms with van der Waals surface area (Å²) in [5, 5.41) is 10.4. The van der Waals surface area contributed by atoms with Crippen molar-refractivity contribution in [3.8, 4) is 0 Å². The largest absolute Gasteiger partial charge is 0.465 e. The molecule has 12 heavy (non-hydrogen) atoms. The maximum absolute atomic E-state index is 10.1. The summed E-state index contributed by atoms with van der Waals surface area (Å²) in [6.45, 7) is 2.70. The third-order valence-electron chi connectivity index (χ3n) is 1.19. The van der Waals surface area contributed by atoms with E-state index in [0.29, 0.717) is 6.61 Å². The fraction of sp³-hybridized carbons (Fsp3) is 0.857. The Balaban J connectivity index is 3.45. The van der Waals surface area contributed by atoms with Gasteiger partial charge in [-0.2, -0.15) is 0 Å². The first kappa shape index (κ1) is 11.2. The van der Waals surface area contributed by atoms with E-state index in [1.54, 1.807) is 0 Å². The maximum Gasteiger partial charge on any atom is 0.404 e. The van der Waals surface area contributed by atoms with Gasteiger partial charge < -0.3 is 19.9 Å². The molecule has 0 aliphatic heterocycles. The SMILES string of the molecule is CCCOC(CNC(=O)O)OC. The quantitative estimate of drug-likeness (QED) is 0.584. The fourth-order valence-electron chi connectivity index (χ4n) is 0.630. The van der Waals surface area contributed by atoms with E-state index >= 15 is 0 Å². The van der Waals surface area contributed by atoms with Gasteiger partial charge in [-0.1, -0.05) is 6.92 Å². The molecule has 0 aliphatic carbocycles. The number of ether oxygens (including phenoxy) is 2. The van der Waals surface area contributed by atoms with Crippen LogP contribution in [0.4, 0.5) is 4.79 Å². The fourth-order valence-corrected chi connectivity index (χ4v) is 0.630. The number of carbonyl (C=O) groups is 1. The molecule has 0 aromatic rings. The van der Waals surface area contributed by atoms with Crippen LogP contribution in [0, 0.1) is 0 Å². The molecule has 5 heteroatoms. The van der Waals surface area contributed by atoms with E-state index in [4.69, 9.17) is 14.6 Å². The van der Waals surface area contributed by atoms with E-state index in [2.05, 4.69) is 5.32 Å². The van der Waals surface area contributed by atoms with Gasteiger partial charge in [-0.25, -0.2) is 4.79 Å². The lowest BCUT2D eigenvalue weighted by atomic mass is 10.5. The van der Waals surface area contributed by atoms with Gasteiger partial charge >= 0.3 is 6.09 Å². The van der Waals surface area contributed by atoms with Crippen molar-refractivity contribution in [2.24, 2.45) is 0 Å². The Labute approximate surface area is 71.7 Å². The summed E-state index contributed by atoms with van der Waals surface area (Å²) in [4.78, 5) is 10.1. The van der Waals surface area contributed by atoms with Crippen LogP contribution in [0.1, 0.15) is 13.3 Å². The molecule has 0 bridgehead atoms. The Morgan fingerprint density at radius 1 is 1.67 bits per heavy atom. The number of amides is 1. The third-order valence-corrected chi connectivity index (χ3v) is 1.19. The predicted octanol–water partition coefficient (Wildman–Crippen LogP) is 0.653. The number of methoxy groups -OCH3 is 1. The predicted molar refractivity (Wildman–Crippen MR) is 43.1 cm³/mol. The Morgan fingerprint density at radius 2 is 2.33 bits per heavy atom. The van der Waals surface area contributed by atoms with Gasteiger partial charge in [-0.15, -0.1) is 0 Å². The number of hydrogen-bond donors (Lipinski definition) is 2. The van der Waals surface area contributed by atoms with Crippen LogP contribution in [0.15, 0.2) is 0 Å². The first-order valence-electron chi connectivity index (χ1n) is 3.81. The highest BCUT2D eigenvalue weighted by atomic mass is 16.7. The molecule has 0 saturated carbocycles. The van der Waals surface area contributed by atoms with Crippen molar-refractivity contribution in [2.75, 3.05) is 20.3 Å². The van der Waals surface area contributed by atoms with E-state index < -0.39 is 12.4 Å². The van der Waals surface area contributed by atoms with E-state index in [9.17, 15) is 4.79 Å². The molecule has 0 saturated heterocycles. The van der Waals surface area contributed by atoms with E-state index in [1.165, 1.54) is 7.11 Å². The number of rotatable bonds is 6. The van der Waals surface area contributed by atoms with Gasteiger partial charge in [0.15, 0.2) is 6.29 Å². The molecule has 5 nitrogen and oxygen atoms in total. The van der Waals surface area contributed by atoms with Crippen molar-refractivity contribution in [3.63, 3.8) is 0 Å². The van der Waals surface area contributed by atoms with E-state index in [-0.39, 0.29) is 6.54 Å². The summed E-state index contributed by atoms with van der Waals surface area (Å²) in [6, 6.07) is 0. The summed E-state index contributed by atoms with van der Waals surface area (Å²) < 4.78 is 10.00. The van der Waals surface area contributed by atoms with Crippen LogP contribution < -0.4 is 5.32 Å². The van der Waals surface area contributed by atoms with Gasteiger partial charge in [0, 0.05) is 13.7 Å². The van der Waals surface area contributed by atoms with Crippen LogP contribution in [0.25, 0.3) is 0 Å². The standard InChI is InChI=1S/C7H15NO4/c1-3-4-12-6(11-2)5-8-7(9)10/h6,8H,3-5H2,1-2H3,(H,9,10).